The van der Waals surface area contributed by atoms with E-state index in [0.29, 0.717) is 0 Å². The average molecular weight is 145 g/mol. The SMILES string of the molecule is C=CC(=O)NC.CC.CC. The summed E-state index contributed by atoms with van der Waals surface area (Å²) in [5.41, 5.74) is 0. The lowest BCUT2D eigenvalue weighted by Crippen LogP contribution is -2.13. The van der Waals surface area contributed by atoms with Gasteiger partial charge >= 0.3 is 0 Å². The summed E-state index contributed by atoms with van der Waals surface area (Å²) < 4.78 is 0. The van der Waals surface area contributed by atoms with Crippen molar-refractivity contribution in [3.05, 3.63) is 12.7 Å². The largest absolute Gasteiger partial charge is 0.356 e. The summed E-state index contributed by atoms with van der Waals surface area (Å²) in [4.78, 5) is 9.95. The molecule has 1 N–H and O–H groups in total. The Hall–Kier alpha value is -0.790. The third-order valence-electron chi connectivity index (χ3n) is 0.432. The summed E-state index contributed by atoms with van der Waals surface area (Å²) in [6.45, 7) is 11.2. The minimum absolute atomic E-state index is 0.144. The molecule has 0 aromatic carbocycles. The van der Waals surface area contributed by atoms with Crippen molar-refractivity contribution in [1.82, 2.24) is 5.32 Å². The zero-order valence-electron chi connectivity index (χ0n) is 7.69. The molecular formula is C8H19NO. The van der Waals surface area contributed by atoms with Crippen LogP contribution in [0.1, 0.15) is 27.7 Å². The molecule has 0 heterocycles. The average Bonchev–Trinajstić information content (AvgIpc) is 2.10. The molecule has 0 saturated heterocycles. The number of rotatable bonds is 1. The molecule has 0 aliphatic rings. The van der Waals surface area contributed by atoms with E-state index in [1.165, 1.54) is 6.08 Å². The van der Waals surface area contributed by atoms with E-state index in [2.05, 4.69) is 11.9 Å². The monoisotopic (exact) mass is 145 g/mol. The summed E-state index contributed by atoms with van der Waals surface area (Å²) in [6, 6.07) is 0. The second-order valence-corrected chi connectivity index (χ2v) is 0.818. The van der Waals surface area contributed by atoms with Crippen LogP contribution >= 0.6 is 0 Å². The van der Waals surface area contributed by atoms with E-state index in [9.17, 15) is 4.79 Å². The van der Waals surface area contributed by atoms with Gasteiger partial charge in [-0.3, -0.25) is 4.79 Å². The molecule has 0 atom stereocenters. The van der Waals surface area contributed by atoms with Gasteiger partial charge in [0.05, 0.1) is 0 Å². The van der Waals surface area contributed by atoms with Crippen LogP contribution in [0.3, 0.4) is 0 Å². The number of carbonyl (C=O) groups is 1. The first-order chi connectivity index (χ1) is 4.81. The molecule has 10 heavy (non-hydrogen) atoms. The molecule has 2 nitrogen and oxygen atoms in total. The molecule has 0 bridgehead atoms. The third kappa shape index (κ3) is 27.0. The second kappa shape index (κ2) is 24.1. The smallest absolute Gasteiger partial charge is 0.243 e. The van der Waals surface area contributed by atoms with E-state index < -0.39 is 0 Å². The van der Waals surface area contributed by atoms with Gasteiger partial charge in [0.15, 0.2) is 0 Å². The molecule has 0 unspecified atom stereocenters. The van der Waals surface area contributed by atoms with Crippen LogP contribution in [-0.2, 0) is 4.79 Å². The maximum absolute atomic E-state index is 9.95. The zero-order chi connectivity index (χ0) is 8.99. The molecule has 0 saturated carbocycles. The Kier molecular flexibility index (Phi) is 38.8. The van der Waals surface area contributed by atoms with E-state index in [1.807, 2.05) is 27.7 Å². The molecule has 0 aromatic rings. The van der Waals surface area contributed by atoms with Crippen LogP contribution in [0.5, 0.6) is 0 Å². The van der Waals surface area contributed by atoms with E-state index in [-0.39, 0.29) is 5.91 Å². The van der Waals surface area contributed by atoms with Gasteiger partial charge in [0.2, 0.25) is 5.91 Å². The first-order valence-corrected chi connectivity index (χ1v) is 3.65. The number of hydrogen-bond donors (Lipinski definition) is 1. The van der Waals surface area contributed by atoms with Gasteiger partial charge in [0.1, 0.15) is 0 Å². The maximum atomic E-state index is 9.95. The minimum Gasteiger partial charge on any atom is -0.356 e. The summed E-state index contributed by atoms with van der Waals surface area (Å²) in [5, 5.41) is 2.36. The summed E-state index contributed by atoms with van der Waals surface area (Å²) in [7, 11) is 1.56. The highest BCUT2D eigenvalue weighted by Crippen LogP contribution is 1.56. The van der Waals surface area contributed by atoms with Gasteiger partial charge in [-0.2, -0.15) is 0 Å². The van der Waals surface area contributed by atoms with Gasteiger partial charge in [-0.15, -0.1) is 0 Å². The molecule has 0 aliphatic heterocycles. The number of hydrogen-bond acceptors (Lipinski definition) is 1. The van der Waals surface area contributed by atoms with Gasteiger partial charge in [-0.25, -0.2) is 0 Å². The topological polar surface area (TPSA) is 29.1 Å². The van der Waals surface area contributed by atoms with Gasteiger partial charge in [0.25, 0.3) is 0 Å². The third-order valence-corrected chi connectivity index (χ3v) is 0.432. The Balaban J connectivity index is -0.000000105. The number of carbonyl (C=O) groups excluding carboxylic acids is 1. The zero-order valence-corrected chi connectivity index (χ0v) is 7.69. The van der Waals surface area contributed by atoms with Gasteiger partial charge in [-0.05, 0) is 6.08 Å². The highest BCUT2D eigenvalue weighted by atomic mass is 16.1. The van der Waals surface area contributed by atoms with Crippen LogP contribution in [0.15, 0.2) is 12.7 Å². The molecule has 0 aromatic heterocycles. The van der Waals surface area contributed by atoms with Gasteiger partial charge in [0, 0.05) is 7.05 Å². The highest BCUT2D eigenvalue weighted by molar-refractivity contribution is 5.86. The molecule has 2 heteroatoms. The standard InChI is InChI=1S/C4H7NO.2C2H6/c1-3-4(6)5-2;2*1-2/h3H,1H2,2H3,(H,5,6);2*1-2H3. The predicted molar refractivity (Wildman–Crippen MR) is 47.0 cm³/mol. The van der Waals surface area contributed by atoms with Crippen molar-refractivity contribution in [1.29, 1.82) is 0 Å². The first kappa shape index (κ1) is 16.1. The summed E-state index contributed by atoms with van der Waals surface area (Å²) in [5.74, 6) is -0.144. The fraction of sp³-hybridized carbons (Fsp3) is 0.625. The molecule has 1 amide bonds. The van der Waals surface area contributed by atoms with Crippen molar-refractivity contribution < 1.29 is 4.79 Å². The Morgan fingerprint density at radius 3 is 1.60 bits per heavy atom. The van der Waals surface area contributed by atoms with Crippen LogP contribution in [0.25, 0.3) is 0 Å². The molecular weight excluding hydrogens is 126 g/mol. The van der Waals surface area contributed by atoms with Gasteiger partial charge < -0.3 is 5.32 Å². The molecule has 0 rings (SSSR count). The van der Waals surface area contributed by atoms with E-state index >= 15 is 0 Å². The van der Waals surface area contributed by atoms with Crippen molar-refractivity contribution >= 4 is 5.91 Å². The van der Waals surface area contributed by atoms with Crippen molar-refractivity contribution in [2.45, 2.75) is 27.7 Å². The fourth-order valence-electron chi connectivity index (χ4n) is 0.102. The predicted octanol–water partition coefficient (Wildman–Crippen LogP) is 1.97. The van der Waals surface area contributed by atoms with Gasteiger partial charge in [-0.1, -0.05) is 34.3 Å². The molecule has 62 valence electrons. The van der Waals surface area contributed by atoms with Crippen molar-refractivity contribution in [2.75, 3.05) is 7.05 Å². The van der Waals surface area contributed by atoms with Crippen LogP contribution in [0, 0.1) is 0 Å². The quantitative estimate of drug-likeness (QED) is 0.561. The molecule has 0 spiro atoms. The van der Waals surface area contributed by atoms with E-state index in [4.69, 9.17) is 0 Å². The Labute approximate surface area is 64.3 Å². The minimum atomic E-state index is -0.144. The lowest BCUT2D eigenvalue weighted by molar-refractivity contribution is -0.116. The van der Waals surface area contributed by atoms with Crippen LogP contribution in [0.4, 0.5) is 0 Å². The van der Waals surface area contributed by atoms with Crippen LogP contribution in [-0.4, -0.2) is 13.0 Å². The lowest BCUT2D eigenvalue weighted by atomic mass is 10.6. The van der Waals surface area contributed by atoms with Crippen LogP contribution in [0.2, 0.25) is 0 Å². The number of likely N-dealkylation sites (N-methyl/N-ethyl adjacent to an activating group) is 1. The lowest BCUT2D eigenvalue weighted by Gasteiger charge is -1.82. The normalized spacial score (nSPS) is 5.30. The Morgan fingerprint density at radius 1 is 1.30 bits per heavy atom. The summed E-state index contributed by atoms with van der Waals surface area (Å²) in [6.07, 6.45) is 1.22. The Morgan fingerprint density at radius 2 is 1.60 bits per heavy atom. The molecule has 0 aliphatic carbocycles. The second-order valence-electron chi connectivity index (χ2n) is 0.818. The van der Waals surface area contributed by atoms with Crippen molar-refractivity contribution in [3.63, 3.8) is 0 Å². The van der Waals surface area contributed by atoms with Crippen molar-refractivity contribution in [3.8, 4) is 0 Å². The number of nitrogens with one attached hydrogen (secondary N) is 1. The van der Waals surface area contributed by atoms with Crippen LogP contribution < -0.4 is 5.32 Å². The summed E-state index contributed by atoms with van der Waals surface area (Å²) >= 11 is 0. The van der Waals surface area contributed by atoms with E-state index in [0.717, 1.165) is 0 Å². The van der Waals surface area contributed by atoms with Crippen molar-refractivity contribution in [2.24, 2.45) is 0 Å². The first-order valence-electron chi connectivity index (χ1n) is 3.65. The maximum Gasteiger partial charge on any atom is 0.243 e. The van der Waals surface area contributed by atoms with E-state index in [1.54, 1.807) is 7.05 Å². The highest BCUT2D eigenvalue weighted by Gasteiger charge is 1.78. The number of amides is 1. The Bertz CT molecular complexity index is 69.7. The molecule has 0 radical (unpaired) electrons. The fourth-order valence-corrected chi connectivity index (χ4v) is 0.102. The molecule has 0 fully saturated rings.